The van der Waals surface area contributed by atoms with Gasteiger partial charge in [0.2, 0.25) is 0 Å². The highest BCUT2D eigenvalue weighted by Gasteiger charge is 2.23. The molecule has 0 spiro atoms. The van der Waals surface area contributed by atoms with Crippen molar-refractivity contribution < 1.29 is 5.11 Å². The van der Waals surface area contributed by atoms with E-state index in [-0.39, 0.29) is 11.5 Å². The first-order valence-electron chi connectivity index (χ1n) is 3.53. The summed E-state index contributed by atoms with van der Waals surface area (Å²) in [5, 5.41) is 9.16. The fourth-order valence-electron chi connectivity index (χ4n) is 0.724. The van der Waals surface area contributed by atoms with Crippen LogP contribution in [-0.2, 0) is 0 Å². The van der Waals surface area contributed by atoms with E-state index in [0.717, 1.165) is 0 Å². The molecule has 56 valence electrons. The van der Waals surface area contributed by atoms with E-state index in [1.54, 1.807) is 0 Å². The van der Waals surface area contributed by atoms with Crippen molar-refractivity contribution in [3.63, 3.8) is 0 Å². The predicted octanol–water partition coefficient (Wildman–Crippen LogP) is 2.05. The molecule has 0 unspecified atom stereocenters. The zero-order chi connectivity index (χ0) is 7.65. The molecule has 0 aromatic rings. The molecule has 0 aromatic heterocycles. The van der Waals surface area contributed by atoms with Gasteiger partial charge in [-0.05, 0) is 18.3 Å². The van der Waals surface area contributed by atoms with E-state index < -0.39 is 0 Å². The van der Waals surface area contributed by atoms with Crippen LogP contribution < -0.4 is 0 Å². The molecule has 1 N–H and O–H groups in total. The largest absolute Gasteiger partial charge is 0.393 e. The van der Waals surface area contributed by atoms with Crippen LogP contribution in [0.2, 0.25) is 0 Å². The number of hydrogen-bond acceptors (Lipinski definition) is 1. The molecule has 0 aliphatic carbocycles. The zero-order valence-electron chi connectivity index (χ0n) is 7.10. The molecule has 0 aromatic carbocycles. The summed E-state index contributed by atoms with van der Waals surface area (Å²) in [6, 6.07) is 0. The van der Waals surface area contributed by atoms with Crippen molar-refractivity contribution in [2.75, 3.05) is 0 Å². The number of rotatable bonds is 1. The second kappa shape index (κ2) is 2.70. The standard InChI is InChI=1S/C8H18O/c1-6(7(2)9)8(3,4)5/h6-7,9H,1-5H3/t6-,7+/m0/s1. The average molecular weight is 130 g/mol. The van der Waals surface area contributed by atoms with Gasteiger partial charge in [-0.1, -0.05) is 27.7 Å². The molecule has 0 aliphatic heterocycles. The smallest absolute Gasteiger partial charge is 0.0542 e. The quantitative estimate of drug-likeness (QED) is 0.576. The summed E-state index contributed by atoms with van der Waals surface area (Å²) < 4.78 is 0. The zero-order valence-corrected chi connectivity index (χ0v) is 7.10. The topological polar surface area (TPSA) is 20.2 Å². The normalized spacial score (nSPS) is 19.3. The van der Waals surface area contributed by atoms with Crippen LogP contribution in [-0.4, -0.2) is 11.2 Å². The molecule has 1 heteroatoms. The third-order valence-corrected chi connectivity index (χ3v) is 2.09. The van der Waals surface area contributed by atoms with E-state index in [4.69, 9.17) is 5.11 Å². The third kappa shape index (κ3) is 2.85. The van der Waals surface area contributed by atoms with E-state index in [2.05, 4.69) is 27.7 Å². The maximum absolute atomic E-state index is 9.16. The maximum atomic E-state index is 9.16. The van der Waals surface area contributed by atoms with Gasteiger partial charge in [-0.25, -0.2) is 0 Å². The van der Waals surface area contributed by atoms with Crippen LogP contribution in [0.25, 0.3) is 0 Å². The van der Waals surface area contributed by atoms with Crippen LogP contribution in [0.3, 0.4) is 0 Å². The van der Waals surface area contributed by atoms with Gasteiger partial charge in [0.15, 0.2) is 0 Å². The summed E-state index contributed by atoms with van der Waals surface area (Å²) in [4.78, 5) is 0. The minimum Gasteiger partial charge on any atom is -0.393 e. The van der Waals surface area contributed by atoms with Crippen molar-refractivity contribution in [1.29, 1.82) is 0 Å². The lowest BCUT2D eigenvalue weighted by Crippen LogP contribution is -2.27. The molecule has 1 nitrogen and oxygen atoms in total. The summed E-state index contributed by atoms with van der Waals surface area (Å²) in [6.07, 6.45) is -0.190. The molecular formula is C8H18O. The summed E-state index contributed by atoms with van der Waals surface area (Å²) in [5.74, 6) is 0.373. The molecule has 0 saturated heterocycles. The van der Waals surface area contributed by atoms with E-state index in [9.17, 15) is 0 Å². The molecule has 0 rings (SSSR count). The Morgan fingerprint density at radius 2 is 1.44 bits per heavy atom. The summed E-state index contributed by atoms with van der Waals surface area (Å²) in [6.45, 7) is 10.3. The highest BCUT2D eigenvalue weighted by atomic mass is 16.3. The van der Waals surface area contributed by atoms with Gasteiger partial charge in [-0.2, -0.15) is 0 Å². The lowest BCUT2D eigenvalue weighted by molar-refractivity contribution is 0.0685. The fraction of sp³-hybridized carbons (Fsp3) is 1.00. The van der Waals surface area contributed by atoms with Crippen molar-refractivity contribution in [3.05, 3.63) is 0 Å². The maximum Gasteiger partial charge on any atom is 0.0542 e. The number of aliphatic hydroxyl groups excluding tert-OH is 1. The van der Waals surface area contributed by atoms with Crippen LogP contribution >= 0.6 is 0 Å². The Bertz CT molecular complexity index is 79.1. The average Bonchev–Trinajstić information content (AvgIpc) is 1.62. The van der Waals surface area contributed by atoms with Gasteiger partial charge >= 0.3 is 0 Å². The minimum atomic E-state index is -0.190. The van der Waals surface area contributed by atoms with Crippen molar-refractivity contribution in [2.45, 2.75) is 40.7 Å². The van der Waals surface area contributed by atoms with Gasteiger partial charge < -0.3 is 5.11 Å². The second-order valence-corrected chi connectivity index (χ2v) is 3.90. The molecular weight excluding hydrogens is 112 g/mol. The lowest BCUT2D eigenvalue weighted by atomic mass is 9.79. The van der Waals surface area contributed by atoms with Gasteiger partial charge in [-0.15, -0.1) is 0 Å². The molecule has 0 heterocycles. The predicted molar refractivity (Wildman–Crippen MR) is 40.3 cm³/mol. The SMILES string of the molecule is C[C@@H](O)[C@H](C)C(C)(C)C. The molecule has 0 aliphatic rings. The third-order valence-electron chi connectivity index (χ3n) is 2.09. The van der Waals surface area contributed by atoms with Crippen molar-refractivity contribution in [1.82, 2.24) is 0 Å². The van der Waals surface area contributed by atoms with Crippen LogP contribution in [0.15, 0.2) is 0 Å². The monoisotopic (exact) mass is 130 g/mol. The van der Waals surface area contributed by atoms with Crippen LogP contribution in [0.5, 0.6) is 0 Å². The number of hydrogen-bond donors (Lipinski definition) is 1. The first kappa shape index (κ1) is 8.96. The molecule has 0 saturated carbocycles. The van der Waals surface area contributed by atoms with E-state index in [0.29, 0.717) is 5.92 Å². The molecule has 0 fully saturated rings. The molecule has 0 radical (unpaired) electrons. The van der Waals surface area contributed by atoms with Crippen molar-refractivity contribution in [3.8, 4) is 0 Å². The Labute approximate surface area is 58.1 Å². The minimum absolute atomic E-state index is 0.190. The number of aliphatic hydroxyl groups is 1. The van der Waals surface area contributed by atoms with Crippen molar-refractivity contribution in [2.24, 2.45) is 11.3 Å². The highest BCUT2D eigenvalue weighted by molar-refractivity contribution is 4.73. The van der Waals surface area contributed by atoms with E-state index >= 15 is 0 Å². The second-order valence-electron chi connectivity index (χ2n) is 3.90. The lowest BCUT2D eigenvalue weighted by Gasteiger charge is -2.29. The molecule has 2 atom stereocenters. The first-order valence-corrected chi connectivity index (χ1v) is 3.53. The molecule has 9 heavy (non-hydrogen) atoms. The van der Waals surface area contributed by atoms with Gasteiger partial charge in [0.25, 0.3) is 0 Å². The highest BCUT2D eigenvalue weighted by Crippen LogP contribution is 2.27. The van der Waals surface area contributed by atoms with E-state index in [1.807, 2.05) is 6.92 Å². The van der Waals surface area contributed by atoms with Gasteiger partial charge in [0, 0.05) is 0 Å². The fourth-order valence-corrected chi connectivity index (χ4v) is 0.724. The van der Waals surface area contributed by atoms with Gasteiger partial charge in [0.05, 0.1) is 6.10 Å². The summed E-state index contributed by atoms with van der Waals surface area (Å²) in [5.41, 5.74) is 0.230. The van der Waals surface area contributed by atoms with Gasteiger partial charge in [0.1, 0.15) is 0 Å². The molecule has 0 bridgehead atoms. The Morgan fingerprint density at radius 3 is 1.44 bits per heavy atom. The molecule has 0 amide bonds. The Kier molecular flexibility index (Phi) is 2.68. The van der Waals surface area contributed by atoms with Crippen LogP contribution in [0, 0.1) is 11.3 Å². The van der Waals surface area contributed by atoms with Crippen molar-refractivity contribution >= 4 is 0 Å². The Balaban J connectivity index is 3.88. The summed E-state index contributed by atoms with van der Waals surface area (Å²) in [7, 11) is 0. The first-order chi connectivity index (χ1) is 3.85. The van der Waals surface area contributed by atoms with Crippen LogP contribution in [0.4, 0.5) is 0 Å². The Hall–Kier alpha value is -0.0400. The summed E-state index contributed by atoms with van der Waals surface area (Å²) >= 11 is 0. The Morgan fingerprint density at radius 1 is 1.11 bits per heavy atom. The van der Waals surface area contributed by atoms with Gasteiger partial charge in [-0.3, -0.25) is 0 Å². The van der Waals surface area contributed by atoms with Crippen LogP contribution in [0.1, 0.15) is 34.6 Å². The van der Waals surface area contributed by atoms with E-state index in [1.165, 1.54) is 0 Å².